The topological polar surface area (TPSA) is 32.3 Å². The Bertz CT molecular complexity index is 479. The highest BCUT2D eigenvalue weighted by atomic mass is 32.1. The second-order valence-electron chi connectivity index (χ2n) is 6.67. The summed E-state index contributed by atoms with van der Waals surface area (Å²) in [6.07, 6.45) is 3.80. The first-order chi connectivity index (χ1) is 9.56. The summed E-state index contributed by atoms with van der Waals surface area (Å²) < 4.78 is 0. The summed E-state index contributed by atoms with van der Waals surface area (Å²) in [5, 5.41) is 7.80. The zero-order valence-corrected chi connectivity index (χ0v) is 13.4. The van der Waals surface area contributed by atoms with Crippen molar-refractivity contribution in [3.05, 3.63) is 22.4 Å². The lowest BCUT2D eigenvalue weighted by Crippen LogP contribution is -2.37. The van der Waals surface area contributed by atoms with Gasteiger partial charge in [0.15, 0.2) is 0 Å². The third kappa shape index (κ3) is 2.40. The van der Waals surface area contributed by atoms with Gasteiger partial charge in [0.2, 0.25) is 5.91 Å². The van der Waals surface area contributed by atoms with Crippen molar-refractivity contribution in [3.8, 4) is 0 Å². The number of thiophene rings is 1. The first-order valence-corrected chi connectivity index (χ1v) is 8.59. The van der Waals surface area contributed by atoms with Crippen LogP contribution in [0.5, 0.6) is 0 Å². The Balaban J connectivity index is 1.84. The molecule has 1 aliphatic carbocycles. The van der Waals surface area contributed by atoms with Gasteiger partial charge in [-0.05, 0) is 53.0 Å². The Labute approximate surface area is 125 Å². The van der Waals surface area contributed by atoms with Gasteiger partial charge in [0.05, 0.1) is 6.04 Å². The van der Waals surface area contributed by atoms with Crippen molar-refractivity contribution >= 4 is 17.2 Å². The lowest BCUT2D eigenvalue weighted by molar-refractivity contribution is -0.131. The van der Waals surface area contributed by atoms with Gasteiger partial charge >= 0.3 is 0 Å². The van der Waals surface area contributed by atoms with Gasteiger partial charge in [0.1, 0.15) is 6.17 Å². The van der Waals surface area contributed by atoms with Crippen molar-refractivity contribution in [1.29, 1.82) is 0 Å². The molecule has 2 fully saturated rings. The summed E-state index contributed by atoms with van der Waals surface area (Å²) >= 11 is 1.70. The van der Waals surface area contributed by atoms with Crippen LogP contribution in [0.3, 0.4) is 0 Å². The second kappa shape index (κ2) is 5.15. The van der Waals surface area contributed by atoms with E-state index < -0.39 is 0 Å². The summed E-state index contributed by atoms with van der Waals surface area (Å²) in [4.78, 5) is 14.8. The number of amides is 1. The van der Waals surface area contributed by atoms with Crippen LogP contribution in [0.15, 0.2) is 16.8 Å². The fourth-order valence-electron chi connectivity index (χ4n) is 3.15. The van der Waals surface area contributed by atoms with Crippen LogP contribution < -0.4 is 5.32 Å². The van der Waals surface area contributed by atoms with Gasteiger partial charge < -0.3 is 4.90 Å². The summed E-state index contributed by atoms with van der Waals surface area (Å²) in [5.74, 6) is 0.626. The number of rotatable bonds is 5. The molecule has 4 heteroatoms. The Kier molecular flexibility index (Phi) is 3.63. The zero-order valence-electron chi connectivity index (χ0n) is 12.6. The Morgan fingerprint density at radius 3 is 2.75 bits per heavy atom. The van der Waals surface area contributed by atoms with Crippen molar-refractivity contribution in [2.45, 2.75) is 52.2 Å². The van der Waals surface area contributed by atoms with Crippen molar-refractivity contribution < 1.29 is 4.79 Å². The first-order valence-electron chi connectivity index (χ1n) is 7.65. The van der Waals surface area contributed by atoms with E-state index in [-0.39, 0.29) is 18.1 Å². The average Bonchev–Trinajstić information content (AvgIpc) is 2.84. The van der Waals surface area contributed by atoms with Gasteiger partial charge in [-0.3, -0.25) is 10.1 Å². The number of hydrogen-bond donors (Lipinski definition) is 1. The molecule has 3 rings (SSSR count). The van der Waals surface area contributed by atoms with E-state index in [9.17, 15) is 4.79 Å². The highest BCUT2D eigenvalue weighted by Gasteiger charge is 2.48. The molecule has 0 radical (unpaired) electrons. The number of nitrogens with zero attached hydrogens (tertiary/aromatic N) is 1. The van der Waals surface area contributed by atoms with Crippen molar-refractivity contribution in [2.75, 3.05) is 6.54 Å². The Morgan fingerprint density at radius 1 is 1.50 bits per heavy atom. The summed E-state index contributed by atoms with van der Waals surface area (Å²) in [5.41, 5.74) is 1.63. The molecule has 1 aliphatic heterocycles. The molecule has 1 saturated carbocycles. The van der Waals surface area contributed by atoms with Crippen LogP contribution in [-0.4, -0.2) is 23.4 Å². The molecule has 1 amide bonds. The molecule has 20 heavy (non-hydrogen) atoms. The quantitative estimate of drug-likeness (QED) is 0.902. The van der Waals surface area contributed by atoms with E-state index in [1.54, 1.807) is 11.3 Å². The van der Waals surface area contributed by atoms with E-state index in [4.69, 9.17) is 0 Å². The molecule has 2 atom stereocenters. The van der Waals surface area contributed by atoms with Gasteiger partial charge in [-0.2, -0.15) is 11.3 Å². The molecule has 2 heterocycles. The fraction of sp³-hybridized carbons (Fsp3) is 0.688. The van der Waals surface area contributed by atoms with Crippen LogP contribution in [0.4, 0.5) is 0 Å². The molecule has 1 aromatic heterocycles. The molecular weight excluding hydrogens is 268 g/mol. The molecule has 2 aliphatic rings. The third-order valence-corrected chi connectivity index (χ3v) is 5.64. The highest BCUT2D eigenvalue weighted by Crippen LogP contribution is 2.50. The fourth-order valence-corrected chi connectivity index (χ4v) is 3.83. The normalized spacial score (nSPS) is 28.4. The van der Waals surface area contributed by atoms with Crippen LogP contribution in [0.1, 0.15) is 51.8 Å². The van der Waals surface area contributed by atoms with Crippen LogP contribution in [-0.2, 0) is 4.79 Å². The molecule has 1 saturated heterocycles. The predicted molar refractivity (Wildman–Crippen MR) is 82.5 cm³/mol. The van der Waals surface area contributed by atoms with Gasteiger partial charge in [0.25, 0.3) is 0 Å². The number of hydrogen-bond acceptors (Lipinski definition) is 3. The van der Waals surface area contributed by atoms with Gasteiger partial charge in [-0.15, -0.1) is 0 Å². The monoisotopic (exact) mass is 292 g/mol. The average molecular weight is 292 g/mol. The number of carbonyl (C=O) groups is 1. The molecule has 110 valence electrons. The summed E-state index contributed by atoms with van der Waals surface area (Å²) in [6.45, 7) is 7.41. The number of nitrogens with one attached hydrogen (secondary N) is 1. The van der Waals surface area contributed by atoms with E-state index in [0.717, 1.165) is 6.54 Å². The van der Waals surface area contributed by atoms with Crippen LogP contribution in [0.2, 0.25) is 0 Å². The summed E-state index contributed by atoms with van der Waals surface area (Å²) in [7, 11) is 0. The van der Waals surface area contributed by atoms with Gasteiger partial charge in [-0.25, -0.2) is 0 Å². The Morgan fingerprint density at radius 2 is 2.25 bits per heavy atom. The lowest BCUT2D eigenvalue weighted by Gasteiger charge is -2.28. The van der Waals surface area contributed by atoms with Crippen LogP contribution in [0, 0.1) is 11.3 Å². The minimum Gasteiger partial charge on any atom is -0.321 e. The van der Waals surface area contributed by atoms with E-state index in [1.807, 2.05) is 0 Å². The molecule has 3 nitrogen and oxygen atoms in total. The van der Waals surface area contributed by atoms with Crippen molar-refractivity contribution in [3.63, 3.8) is 0 Å². The minimum absolute atomic E-state index is 0.0347. The maximum absolute atomic E-state index is 12.7. The molecule has 0 spiro atoms. The predicted octanol–water partition coefficient (Wildman–Crippen LogP) is 3.39. The maximum Gasteiger partial charge on any atom is 0.241 e. The largest absolute Gasteiger partial charge is 0.321 e. The molecule has 0 bridgehead atoms. The minimum atomic E-state index is -0.0347. The van der Waals surface area contributed by atoms with E-state index in [1.165, 1.54) is 24.8 Å². The van der Waals surface area contributed by atoms with E-state index in [2.05, 4.69) is 47.8 Å². The second-order valence-corrected chi connectivity index (χ2v) is 7.45. The molecule has 1 aromatic rings. The molecule has 1 N–H and O–H groups in total. The molecule has 2 unspecified atom stereocenters. The lowest BCUT2D eigenvalue weighted by atomic mass is 10.0. The smallest absolute Gasteiger partial charge is 0.241 e. The highest BCUT2D eigenvalue weighted by molar-refractivity contribution is 7.07. The zero-order chi connectivity index (χ0) is 14.3. The molecular formula is C16H24N2OS. The summed E-state index contributed by atoms with van der Waals surface area (Å²) in [6, 6.07) is 2.10. The van der Waals surface area contributed by atoms with E-state index in [0.29, 0.717) is 11.3 Å². The Hall–Kier alpha value is -0.870. The van der Waals surface area contributed by atoms with Crippen LogP contribution in [0.25, 0.3) is 0 Å². The van der Waals surface area contributed by atoms with Gasteiger partial charge in [0, 0.05) is 6.54 Å². The van der Waals surface area contributed by atoms with Gasteiger partial charge in [-0.1, -0.05) is 20.8 Å². The first kappa shape index (κ1) is 14.1. The SMILES string of the molecule is CCC1(CN2C(=O)C(C(C)C)NC2c2ccsc2)CC1. The molecule has 0 aromatic carbocycles. The third-order valence-electron chi connectivity index (χ3n) is 4.94. The number of carbonyl (C=O) groups excluding carboxylic acids is 1. The maximum atomic E-state index is 12.7. The van der Waals surface area contributed by atoms with Crippen LogP contribution >= 0.6 is 11.3 Å². The van der Waals surface area contributed by atoms with Crippen molar-refractivity contribution in [2.24, 2.45) is 11.3 Å². The van der Waals surface area contributed by atoms with E-state index >= 15 is 0 Å². The standard InChI is InChI=1S/C16H24N2OS/c1-4-16(6-7-16)10-18-14(12-5-8-20-9-12)17-13(11(2)3)15(18)19/h5,8-9,11,13-14,17H,4,6-7,10H2,1-3H3. The van der Waals surface area contributed by atoms with Crippen molar-refractivity contribution in [1.82, 2.24) is 10.2 Å².